The predicted octanol–water partition coefficient (Wildman–Crippen LogP) is 0.310. The van der Waals surface area contributed by atoms with Crippen LogP contribution >= 0.6 is 11.6 Å². The number of sulfonamides is 1. The highest BCUT2D eigenvalue weighted by Crippen LogP contribution is 2.21. The summed E-state index contributed by atoms with van der Waals surface area (Å²) < 4.78 is 31.6. The fourth-order valence-electron chi connectivity index (χ4n) is 2.29. The molecule has 7 nitrogen and oxygen atoms in total. The Kier molecular flexibility index (Phi) is 6.37. The van der Waals surface area contributed by atoms with Crippen LogP contribution in [0.1, 0.15) is 10.4 Å². The standard InChI is InChI=1S/C14H20ClN3O4S/c1-22-14(19)12-3-2-11(10-13(12)15)23(20,21)17-6-9-18-7-4-16-5-8-18/h2-3,10,16-17H,4-9H2,1H3. The van der Waals surface area contributed by atoms with Gasteiger partial charge in [0, 0.05) is 39.3 Å². The number of esters is 1. The van der Waals surface area contributed by atoms with Crippen LogP contribution in [0.25, 0.3) is 0 Å². The van der Waals surface area contributed by atoms with Gasteiger partial charge in [-0.1, -0.05) is 11.6 Å². The smallest absolute Gasteiger partial charge is 0.339 e. The third-order valence-corrected chi connectivity index (χ3v) is 5.36. The second-order valence-electron chi connectivity index (χ2n) is 5.12. The van der Waals surface area contributed by atoms with E-state index in [-0.39, 0.29) is 15.5 Å². The van der Waals surface area contributed by atoms with Gasteiger partial charge in [0.05, 0.1) is 22.6 Å². The Labute approximate surface area is 141 Å². The van der Waals surface area contributed by atoms with Crippen molar-refractivity contribution >= 4 is 27.6 Å². The molecule has 0 aliphatic carbocycles. The fourth-order valence-corrected chi connectivity index (χ4v) is 3.66. The molecule has 2 rings (SSSR count). The van der Waals surface area contributed by atoms with Crippen molar-refractivity contribution in [2.75, 3.05) is 46.4 Å². The maximum Gasteiger partial charge on any atom is 0.339 e. The Morgan fingerprint density at radius 3 is 2.70 bits per heavy atom. The summed E-state index contributed by atoms with van der Waals surface area (Å²) in [5, 5.41) is 3.28. The van der Waals surface area contributed by atoms with Gasteiger partial charge in [-0.3, -0.25) is 4.90 Å². The molecule has 0 radical (unpaired) electrons. The number of hydrogen-bond acceptors (Lipinski definition) is 6. The zero-order valence-electron chi connectivity index (χ0n) is 12.8. The Morgan fingerprint density at radius 1 is 1.39 bits per heavy atom. The Morgan fingerprint density at radius 2 is 2.09 bits per heavy atom. The molecule has 1 aliphatic rings. The summed E-state index contributed by atoms with van der Waals surface area (Å²) in [6.07, 6.45) is 0. The molecule has 1 saturated heterocycles. The van der Waals surface area contributed by atoms with Gasteiger partial charge in [-0.05, 0) is 18.2 Å². The highest BCUT2D eigenvalue weighted by Gasteiger charge is 2.18. The van der Waals surface area contributed by atoms with Gasteiger partial charge >= 0.3 is 5.97 Å². The van der Waals surface area contributed by atoms with Crippen molar-refractivity contribution < 1.29 is 17.9 Å². The number of carbonyl (C=O) groups excluding carboxylic acids is 1. The molecule has 0 saturated carbocycles. The minimum atomic E-state index is -3.66. The lowest BCUT2D eigenvalue weighted by Gasteiger charge is -2.27. The first kappa shape index (κ1) is 18.2. The van der Waals surface area contributed by atoms with Crippen molar-refractivity contribution in [1.82, 2.24) is 14.9 Å². The molecule has 1 fully saturated rings. The largest absolute Gasteiger partial charge is 0.465 e. The van der Waals surface area contributed by atoms with Crippen molar-refractivity contribution in [3.8, 4) is 0 Å². The molecule has 0 aromatic heterocycles. The lowest BCUT2D eigenvalue weighted by molar-refractivity contribution is 0.0601. The minimum Gasteiger partial charge on any atom is -0.465 e. The molecule has 1 aromatic carbocycles. The van der Waals surface area contributed by atoms with Gasteiger partial charge in [0.25, 0.3) is 0 Å². The molecule has 1 aliphatic heterocycles. The zero-order chi connectivity index (χ0) is 16.9. The first-order valence-electron chi connectivity index (χ1n) is 7.24. The molecule has 0 spiro atoms. The van der Waals surface area contributed by atoms with Crippen LogP contribution in [0.3, 0.4) is 0 Å². The minimum absolute atomic E-state index is 0.0236. The van der Waals surface area contributed by atoms with Gasteiger partial charge in [-0.15, -0.1) is 0 Å². The molecular formula is C14H20ClN3O4S. The lowest BCUT2D eigenvalue weighted by atomic mass is 10.2. The second kappa shape index (κ2) is 8.07. The van der Waals surface area contributed by atoms with E-state index in [2.05, 4.69) is 19.7 Å². The summed E-state index contributed by atoms with van der Waals surface area (Å²) in [6, 6.07) is 3.94. The Hall–Kier alpha value is -1.19. The lowest BCUT2D eigenvalue weighted by Crippen LogP contribution is -2.46. The van der Waals surface area contributed by atoms with Crippen molar-refractivity contribution in [3.63, 3.8) is 0 Å². The quantitative estimate of drug-likeness (QED) is 0.709. The first-order valence-corrected chi connectivity index (χ1v) is 9.11. The summed E-state index contributed by atoms with van der Waals surface area (Å²) in [4.78, 5) is 13.7. The topological polar surface area (TPSA) is 87.7 Å². The molecule has 128 valence electrons. The summed E-state index contributed by atoms with van der Waals surface area (Å²) in [6.45, 7) is 4.60. The fraction of sp³-hybridized carbons (Fsp3) is 0.500. The van der Waals surface area contributed by atoms with E-state index in [1.165, 1.54) is 25.3 Å². The monoisotopic (exact) mass is 361 g/mol. The molecule has 1 aromatic rings. The van der Waals surface area contributed by atoms with Crippen LogP contribution < -0.4 is 10.0 Å². The third kappa shape index (κ3) is 4.89. The van der Waals surface area contributed by atoms with E-state index in [4.69, 9.17) is 11.6 Å². The number of benzene rings is 1. The SMILES string of the molecule is COC(=O)c1ccc(S(=O)(=O)NCCN2CCNCC2)cc1Cl. The third-order valence-electron chi connectivity index (χ3n) is 3.59. The van der Waals surface area contributed by atoms with Crippen molar-refractivity contribution in [2.45, 2.75) is 4.90 Å². The van der Waals surface area contributed by atoms with E-state index < -0.39 is 16.0 Å². The number of nitrogens with zero attached hydrogens (tertiary/aromatic N) is 1. The van der Waals surface area contributed by atoms with Crippen molar-refractivity contribution in [3.05, 3.63) is 28.8 Å². The van der Waals surface area contributed by atoms with E-state index in [0.717, 1.165) is 26.2 Å². The summed E-state index contributed by atoms with van der Waals surface area (Å²) in [7, 11) is -2.42. The van der Waals surface area contributed by atoms with Crippen LogP contribution in [-0.2, 0) is 14.8 Å². The zero-order valence-corrected chi connectivity index (χ0v) is 14.4. The normalized spacial score (nSPS) is 16.3. The number of ether oxygens (including phenoxy) is 1. The highest BCUT2D eigenvalue weighted by molar-refractivity contribution is 7.89. The molecule has 0 unspecified atom stereocenters. The number of carbonyl (C=O) groups is 1. The number of halogens is 1. The Balaban J connectivity index is 1.98. The maximum absolute atomic E-state index is 12.3. The van der Waals surface area contributed by atoms with E-state index in [9.17, 15) is 13.2 Å². The number of nitrogens with one attached hydrogen (secondary N) is 2. The summed E-state index contributed by atoms with van der Waals surface area (Å²) >= 11 is 5.96. The number of hydrogen-bond donors (Lipinski definition) is 2. The van der Waals surface area contributed by atoms with Crippen LogP contribution in [0, 0.1) is 0 Å². The van der Waals surface area contributed by atoms with Gasteiger partial charge in [0.2, 0.25) is 10.0 Å². The molecule has 0 amide bonds. The first-order chi connectivity index (χ1) is 10.9. The average Bonchev–Trinajstić information content (AvgIpc) is 2.55. The van der Waals surface area contributed by atoms with E-state index >= 15 is 0 Å². The number of piperazine rings is 1. The number of rotatable bonds is 6. The molecular weight excluding hydrogens is 342 g/mol. The van der Waals surface area contributed by atoms with Crippen LogP contribution in [-0.4, -0.2) is 65.7 Å². The Bertz CT molecular complexity index is 660. The highest BCUT2D eigenvalue weighted by atomic mass is 35.5. The van der Waals surface area contributed by atoms with Crippen LogP contribution in [0.15, 0.2) is 23.1 Å². The predicted molar refractivity (Wildman–Crippen MR) is 87.3 cm³/mol. The van der Waals surface area contributed by atoms with Gasteiger partial charge in [-0.25, -0.2) is 17.9 Å². The van der Waals surface area contributed by atoms with Gasteiger partial charge in [0.15, 0.2) is 0 Å². The van der Waals surface area contributed by atoms with Gasteiger partial charge in [-0.2, -0.15) is 0 Å². The summed E-state index contributed by atoms with van der Waals surface area (Å²) in [5.41, 5.74) is 0.133. The average molecular weight is 362 g/mol. The van der Waals surface area contributed by atoms with Crippen molar-refractivity contribution in [2.24, 2.45) is 0 Å². The van der Waals surface area contributed by atoms with E-state index in [1.54, 1.807) is 0 Å². The molecule has 0 bridgehead atoms. The second-order valence-corrected chi connectivity index (χ2v) is 7.30. The van der Waals surface area contributed by atoms with Crippen LogP contribution in [0.2, 0.25) is 5.02 Å². The van der Waals surface area contributed by atoms with Crippen molar-refractivity contribution in [1.29, 1.82) is 0 Å². The number of methoxy groups -OCH3 is 1. The van der Waals surface area contributed by atoms with E-state index in [0.29, 0.717) is 13.1 Å². The van der Waals surface area contributed by atoms with Crippen LogP contribution in [0.4, 0.5) is 0 Å². The summed E-state index contributed by atoms with van der Waals surface area (Å²) in [5.74, 6) is -0.606. The molecule has 0 atom stereocenters. The molecule has 9 heteroatoms. The molecule has 2 N–H and O–H groups in total. The maximum atomic E-state index is 12.3. The van der Waals surface area contributed by atoms with Crippen LogP contribution in [0.5, 0.6) is 0 Å². The molecule has 23 heavy (non-hydrogen) atoms. The molecule has 1 heterocycles. The van der Waals surface area contributed by atoms with Gasteiger partial charge in [0.1, 0.15) is 0 Å². The van der Waals surface area contributed by atoms with E-state index in [1.807, 2.05) is 0 Å². The van der Waals surface area contributed by atoms with Gasteiger partial charge < -0.3 is 10.1 Å².